The van der Waals surface area contributed by atoms with E-state index in [1.807, 2.05) is 19.1 Å². The highest BCUT2D eigenvalue weighted by Crippen LogP contribution is 2.17. The Balaban J connectivity index is 2.60. The van der Waals surface area contributed by atoms with Gasteiger partial charge in [-0.1, -0.05) is 42.7 Å². The molecule has 0 aliphatic rings. The van der Waals surface area contributed by atoms with Crippen LogP contribution in [0.4, 0.5) is 5.69 Å². The molecule has 1 aromatic rings. The zero-order valence-electron chi connectivity index (χ0n) is 8.33. The number of nitrogens with one attached hydrogen (secondary N) is 1. The summed E-state index contributed by atoms with van der Waals surface area (Å²) in [7, 11) is 0. The van der Waals surface area contributed by atoms with Crippen molar-refractivity contribution in [2.24, 2.45) is 0 Å². The first-order valence-electron chi connectivity index (χ1n) is 4.29. The number of hydrogen-bond acceptors (Lipinski definition) is 2. The van der Waals surface area contributed by atoms with Crippen LogP contribution in [-0.4, -0.2) is 4.32 Å². The molecule has 1 rings (SSSR count). The summed E-state index contributed by atoms with van der Waals surface area (Å²) in [5.41, 5.74) is 2.25. The van der Waals surface area contributed by atoms with Crippen LogP contribution < -0.4 is 5.32 Å². The van der Waals surface area contributed by atoms with Crippen molar-refractivity contribution in [1.29, 1.82) is 0 Å². The van der Waals surface area contributed by atoms with E-state index in [1.54, 1.807) is 0 Å². The van der Waals surface area contributed by atoms with E-state index < -0.39 is 0 Å². The maximum atomic E-state index is 5.15. The fourth-order valence-corrected chi connectivity index (χ4v) is 2.05. The van der Waals surface area contributed by atoms with Gasteiger partial charge in [0.2, 0.25) is 0 Å². The monoisotopic (exact) mass is 223 g/mol. The van der Waals surface area contributed by atoms with Crippen molar-refractivity contribution in [1.82, 2.24) is 0 Å². The minimum absolute atomic E-state index is 0.739. The third-order valence-corrected chi connectivity index (χ3v) is 2.52. The number of allylic oxidation sites excluding steroid dienone is 1. The molecule has 3 heteroatoms. The zero-order chi connectivity index (χ0) is 10.6. The zero-order valence-corrected chi connectivity index (χ0v) is 9.97. The van der Waals surface area contributed by atoms with Crippen LogP contribution in [0, 0.1) is 6.92 Å². The van der Waals surface area contributed by atoms with E-state index in [1.165, 1.54) is 17.3 Å². The molecule has 0 bridgehead atoms. The third kappa shape index (κ3) is 3.94. The predicted molar refractivity (Wildman–Crippen MR) is 69.8 cm³/mol. The molecule has 0 aliphatic carbocycles. The predicted octanol–water partition coefficient (Wildman–Crippen LogP) is 3.96. The Bertz CT molecular complexity index is 358. The van der Waals surface area contributed by atoms with Gasteiger partial charge in [-0.3, -0.25) is 0 Å². The van der Waals surface area contributed by atoms with Gasteiger partial charge >= 0.3 is 0 Å². The molecule has 0 fully saturated rings. The molecule has 0 unspecified atom stereocenters. The van der Waals surface area contributed by atoms with Crippen LogP contribution in [0.2, 0.25) is 0 Å². The summed E-state index contributed by atoms with van der Waals surface area (Å²) >= 11 is 6.63. The number of thioether (sulfide) groups is 1. The smallest absolute Gasteiger partial charge is 0.142 e. The molecule has 0 aliphatic heterocycles. The van der Waals surface area contributed by atoms with Crippen LogP contribution >= 0.6 is 24.0 Å². The lowest BCUT2D eigenvalue weighted by Crippen LogP contribution is -2.03. The van der Waals surface area contributed by atoms with Crippen molar-refractivity contribution < 1.29 is 0 Å². The van der Waals surface area contributed by atoms with Gasteiger partial charge in [0.15, 0.2) is 0 Å². The molecule has 0 amide bonds. The normalized spacial score (nSPS) is 9.57. The number of benzene rings is 1. The van der Waals surface area contributed by atoms with Gasteiger partial charge in [-0.25, -0.2) is 0 Å². The topological polar surface area (TPSA) is 12.0 Å². The van der Waals surface area contributed by atoms with Gasteiger partial charge in [-0.2, -0.15) is 0 Å². The maximum Gasteiger partial charge on any atom is 0.142 e. The second-order valence-corrected chi connectivity index (χ2v) is 5.06. The largest absolute Gasteiger partial charge is 0.341 e. The van der Waals surface area contributed by atoms with Crippen LogP contribution in [0.15, 0.2) is 35.7 Å². The van der Waals surface area contributed by atoms with Crippen LogP contribution in [0.1, 0.15) is 12.5 Å². The van der Waals surface area contributed by atoms with Gasteiger partial charge in [0.25, 0.3) is 0 Å². The van der Waals surface area contributed by atoms with Crippen molar-refractivity contribution in [3.8, 4) is 0 Å². The van der Waals surface area contributed by atoms with Crippen LogP contribution in [0.3, 0.4) is 0 Å². The maximum absolute atomic E-state index is 5.15. The fourth-order valence-electron chi connectivity index (χ4n) is 1.02. The summed E-state index contributed by atoms with van der Waals surface area (Å²) in [6, 6.07) is 8.12. The standard InChI is InChI=1S/C11H13NS2/c1-8(2)14-11(13)12-10-6-4-5-9(3)7-10/h4-7H,1H2,2-3H3,(H,12,13). The van der Waals surface area contributed by atoms with E-state index in [-0.39, 0.29) is 0 Å². The Kier molecular flexibility index (Phi) is 4.17. The summed E-state index contributed by atoms with van der Waals surface area (Å²) in [5.74, 6) is 0. The van der Waals surface area contributed by atoms with Gasteiger partial charge in [-0.15, -0.1) is 0 Å². The Morgan fingerprint density at radius 1 is 1.50 bits per heavy atom. The van der Waals surface area contributed by atoms with E-state index in [2.05, 4.69) is 31.0 Å². The number of thiocarbonyl (C=S) groups is 1. The van der Waals surface area contributed by atoms with Crippen LogP contribution in [0.25, 0.3) is 0 Å². The van der Waals surface area contributed by atoms with Crippen LogP contribution in [-0.2, 0) is 0 Å². The first-order valence-corrected chi connectivity index (χ1v) is 5.51. The SMILES string of the molecule is C=C(C)SC(=S)Nc1cccc(C)c1. The summed E-state index contributed by atoms with van der Waals surface area (Å²) in [4.78, 5) is 0.996. The van der Waals surface area contributed by atoms with Gasteiger partial charge in [0.05, 0.1) is 0 Å². The Labute approximate surface area is 94.6 Å². The average molecular weight is 223 g/mol. The van der Waals surface area contributed by atoms with Crippen molar-refractivity contribution in [2.75, 3.05) is 5.32 Å². The first-order chi connectivity index (χ1) is 6.58. The molecule has 0 saturated heterocycles. The lowest BCUT2D eigenvalue weighted by atomic mass is 10.2. The minimum atomic E-state index is 0.739. The third-order valence-electron chi connectivity index (χ3n) is 1.53. The quantitative estimate of drug-likeness (QED) is 0.762. The highest BCUT2D eigenvalue weighted by Gasteiger charge is 1.98. The van der Waals surface area contributed by atoms with Crippen molar-refractivity contribution >= 4 is 34.0 Å². The lowest BCUT2D eigenvalue weighted by Gasteiger charge is -2.07. The fraction of sp³-hybridized carbons (Fsp3) is 0.182. The second kappa shape index (κ2) is 5.17. The number of hydrogen-bond donors (Lipinski definition) is 1. The second-order valence-electron chi connectivity index (χ2n) is 3.09. The van der Waals surface area contributed by atoms with Gasteiger partial charge in [0, 0.05) is 5.69 Å². The molecule has 1 N–H and O–H groups in total. The summed E-state index contributed by atoms with van der Waals surface area (Å²) in [6.07, 6.45) is 0. The van der Waals surface area contributed by atoms with Gasteiger partial charge in [-0.05, 0) is 36.4 Å². The van der Waals surface area contributed by atoms with Gasteiger partial charge in [0.1, 0.15) is 4.32 Å². The molecule has 0 atom stereocenters. The van der Waals surface area contributed by atoms with Crippen molar-refractivity contribution in [3.05, 3.63) is 41.3 Å². The molecule has 74 valence electrons. The number of aryl methyl sites for hydroxylation is 1. The van der Waals surface area contributed by atoms with Crippen LogP contribution in [0.5, 0.6) is 0 Å². The van der Waals surface area contributed by atoms with E-state index >= 15 is 0 Å². The Morgan fingerprint density at radius 2 is 2.21 bits per heavy atom. The molecule has 1 nitrogen and oxygen atoms in total. The molecule has 0 heterocycles. The number of rotatable bonds is 2. The summed E-state index contributed by atoms with van der Waals surface area (Å²) < 4.78 is 0.739. The highest BCUT2D eigenvalue weighted by atomic mass is 32.2. The number of anilines is 1. The summed E-state index contributed by atoms with van der Waals surface area (Å²) in [5, 5.41) is 3.15. The molecule has 0 saturated carbocycles. The molecular formula is C11H13NS2. The molecule has 1 aromatic carbocycles. The van der Waals surface area contributed by atoms with Crippen molar-refractivity contribution in [2.45, 2.75) is 13.8 Å². The Morgan fingerprint density at radius 3 is 2.79 bits per heavy atom. The molecule has 0 radical (unpaired) electrons. The average Bonchev–Trinajstić information content (AvgIpc) is 2.01. The first kappa shape index (κ1) is 11.3. The van der Waals surface area contributed by atoms with Gasteiger partial charge < -0.3 is 5.32 Å². The molecule has 0 aromatic heterocycles. The Hall–Kier alpha value is -0.800. The van der Waals surface area contributed by atoms with E-state index in [9.17, 15) is 0 Å². The minimum Gasteiger partial charge on any atom is -0.341 e. The van der Waals surface area contributed by atoms with Crippen molar-refractivity contribution in [3.63, 3.8) is 0 Å². The molecular weight excluding hydrogens is 210 g/mol. The highest BCUT2D eigenvalue weighted by molar-refractivity contribution is 8.25. The summed E-state index contributed by atoms with van der Waals surface area (Å²) in [6.45, 7) is 7.78. The van der Waals surface area contributed by atoms with E-state index in [0.29, 0.717) is 0 Å². The molecule has 0 spiro atoms. The lowest BCUT2D eigenvalue weighted by molar-refractivity contribution is 1.47. The van der Waals surface area contributed by atoms with E-state index in [4.69, 9.17) is 12.2 Å². The van der Waals surface area contributed by atoms with E-state index in [0.717, 1.165) is 14.9 Å². The molecule has 14 heavy (non-hydrogen) atoms.